The van der Waals surface area contributed by atoms with Gasteiger partial charge in [0.1, 0.15) is 5.75 Å². The Balaban J connectivity index is 1.88. The van der Waals surface area contributed by atoms with E-state index in [1.165, 1.54) is 0 Å². The Morgan fingerprint density at radius 2 is 1.95 bits per heavy atom. The fraction of sp³-hybridized carbons (Fsp3) is 0.562. The maximum atomic E-state index is 11.9. The summed E-state index contributed by atoms with van der Waals surface area (Å²) in [6.07, 6.45) is 1.74. The average molecular weight is 292 g/mol. The summed E-state index contributed by atoms with van der Waals surface area (Å²) in [6, 6.07) is 4.20. The van der Waals surface area contributed by atoms with Crippen molar-refractivity contribution in [2.45, 2.75) is 39.3 Å². The lowest BCUT2D eigenvalue weighted by molar-refractivity contribution is -0.124. The third kappa shape index (κ3) is 4.44. The van der Waals surface area contributed by atoms with Gasteiger partial charge in [-0.25, -0.2) is 0 Å². The first kappa shape index (κ1) is 15.8. The van der Waals surface area contributed by atoms with Crippen molar-refractivity contribution < 1.29 is 14.3 Å². The molecule has 0 bridgehead atoms. The molecule has 3 N–H and O–H groups in total. The quantitative estimate of drug-likeness (QED) is 0.861. The number of hydrogen-bond donors (Lipinski definition) is 2. The number of nitrogens with two attached hydrogens (primary N) is 1. The van der Waals surface area contributed by atoms with Crippen molar-refractivity contribution in [3.8, 4) is 5.75 Å². The van der Waals surface area contributed by atoms with Crippen molar-refractivity contribution in [3.05, 3.63) is 28.8 Å². The van der Waals surface area contributed by atoms with Crippen LogP contribution in [0.15, 0.2) is 12.1 Å². The molecule has 2 rings (SSSR count). The Bertz CT molecular complexity index is 473. The third-order valence-electron chi connectivity index (χ3n) is 3.69. The van der Waals surface area contributed by atoms with Crippen LogP contribution in [-0.4, -0.2) is 31.8 Å². The van der Waals surface area contributed by atoms with Gasteiger partial charge in [0.25, 0.3) is 5.91 Å². The van der Waals surface area contributed by atoms with E-state index in [4.69, 9.17) is 15.2 Å². The monoisotopic (exact) mass is 292 g/mol. The summed E-state index contributed by atoms with van der Waals surface area (Å²) < 4.78 is 11.0. The van der Waals surface area contributed by atoms with Gasteiger partial charge in [0, 0.05) is 25.8 Å². The van der Waals surface area contributed by atoms with Crippen LogP contribution in [0.3, 0.4) is 0 Å². The van der Waals surface area contributed by atoms with Gasteiger partial charge in [-0.3, -0.25) is 4.79 Å². The van der Waals surface area contributed by atoms with E-state index >= 15 is 0 Å². The van der Waals surface area contributed by atoms with Gasteiger partial charge in [0.2, 0.25) is 0 Å². The molecule has 1 aliphatic rings. The average Bonchev–Trinajstić information content (AvgIpc) is 2.47. The number of benzene rings is 1. The number of hydrogen-bond acceptors (Lipinski definition) is 4. The molecule has 1 aromatic rings. The number of nitrogens with one attached hydrogen (secondary N) is 1. The van der Waals surface area contributed by atoms with E-state index in [1.807, 2.05) is 26.0 Å². The molecule has 0 aromatic heterocycles. The molecule has 116 valence electrons. The molecule has 1 amide bonds. The normalized spacial score (nSPS) is 15.8. The molecule has 1 aromatic carbocycles. The van der Waals surface area contributed by atoms with Crippen LogP contribution >= 0.6 is 0 Å². The minimum Gasteiger partial charge on any atom is -0.483 e. The van der Waals surface area contributed by atoms with Crippen LogP contribution in [0.4, 0.5) is 0 Å². The van der Waals surface area contributed by atoms with Gasteiger partial charge in [-0.05, 0) is 43.4 Å². The van der Waals surface area contributed by atoms with Crippen LogP contribution in [0.5, 0.6) is 5.75 Å². The zero-order valence-corrected chi connectivity index (χ0v) is 12.8. The molecular weight excluding hydrogens is 268 g/mol. The number of aryl methyl sites for hydroxylation is 2. The van der Waals surface area contributed by atoms with Crippen molar-refractivity contribution in [1.29, 1.82) is 0 Å². The zero-order chi connectivity index (χ0) is 15.2. The minimum absolute atomic E-state index is 0.0427. The highest BCUT2D eigenvalue weighted by Gasteiger charge is 2.16. The lowest BCUT2D eigenvalue weighted by Gasteiger charge is -2.23. The second-order valence-electron chi connectivity index (χ2n) is 5.51. The van der Waals surface area contributed by atoms with Gasteiger partial charge in [-0.2, -0.15) is 0 Å². The zero-order valence-electron chi connectivity index (χ0n) is 12.8. The van der Waals surface area contributed by atoms with Crippen molar-refractivity contribution in [1.82, 2.24) is 5.32 Å². The highest BCUT2D eigenvalue weighted by Crippen LogP contribution is 2.24. The topological polar surface area (TPSA) is 73.6 Å². The number of carbonyl (C=O) groups excluding carboxylic acids is 1. The summed E-state index contributed by atoms with van der Waals surface area (Å²) in [5, 5.41) is 2.99. The predicted octanol–water partition coefficient (Wildman–Crippen LogP) is 1.44. The van der Waals surface area contributed by atoms with E-state index in [0.717, 1.165) is 35.3 Å². The van der Waals surface area contributed by atoms with Gasteiger partial charge in [0.05, 0.1) is 0 Å². The van der Waals surface area contributed by atoms with Crippen molar-refractivity contribution >= 4 is 5.91 Å². The summed E-state index contributed by atoms with van der Waals surface area (Å²) in [4.78, 5) is 11.9. The second-order valence-corrected chi connectivity index (χ2v) is 5.51. The maximum absolute atomic E-state index is 11.9. The van der Waals surface area contributed by atoms with Gasteiger partial charge in [0.15, 0.2) is 6.61 Å². The highest BCUT2D eigenvalue weighted by atomic mass is 16.5. The molecule has 21 heavy (non-hydrogen) atoms. The van der Waals surface area contributed by atoms with E-state index in [-0.39, 0.29) is 18.6 Å². The summed E-state index contributed by atoms with van der Waals surface area (Å²) in [5.41, 5.74) is 8.74. The Labute approximate surface area is 125 Å². The smallest absolute Gasteiger partial charge is 0.258 e. The standard InChI is InChI=1S/C16H24N2O3/c1-11-7-13(9-17)8-12(2)16(11)21-10-15(19)18-14-3-5-20-6-4-14/h7-8,14H,3-6,9-10,17H2,1-2H3,(H,18,19). The Morgan fingerprint density at radius 1 is 1.33 bits per heavy atom. The van der Waals surface area contributed by atoms with Crippen LogP contribution in [0.1, 0.15) is 29.5 Å². The molecule has 0 unspecified atom stereocenters. The molecular formula is C16H24N2O3. The van der Waals surface area contributed by atoms with Crippen molar-refractivity contribution in [2.24, 2.45) is 5.73 Å². The molecule has 1 fully saturated rings. The maximum Gasteiger partial charge on any atom is 0.258 e. The van der Waals surface area contributed by atoms with Gasteiger partial charge in [-0.15, -0.1) is 0 Å². The molecule has 0 saturated carbocycles. The molecule has 0 radical (unpaired) electrons. The van der Waals surface area contributed by atoms with E-state index in [2.05, 4.69) is 5.32 Å². The van der Waals surface area contributed by atoms with Gasteiger partial charge < -0.3 is 20.5 Å². The Kier molecular flexibility index (Phi) is 5.59. The summed E-state index contributed by atoms with van der Waals surface area (Å²) in [7, 11) is 0. The lowest BCUT2D eigenvalue weighted by atomic mass is 10.1. The predicted molar refractivity (Wildman–Crippen MR) is 81.3 cm³/mol. The number of ether oxygens (including phenoxy) is 2. The van der Waals surface area contributed by atoms with Crippen molar-refractivity contribution in [2.75, 3.05) is 19.8 Å². The first-order valence-electron chi connectivity index (χ1n) is 7.40. The number of carbonyl (C=O) groups is 1. The molecule has 0 atom stereocenters. The van der Waals surface area contributed by atoms with Crippen LogP contribution in [0.2, 0.25) is 0 Å². The van der Waals surface area contributed by atoms with E-state index in [9.17, 15) is 4.79 Å². The molecule has 0 aliphatic carbocycles. The van der Waals surface area contributed by atoms with Crippen LogP contribution in [0, 0.1) is 13.8 Å². The molecule has 5 nitrogen and oxygen atoms in total. The van der Waals surface area contributed by atoms with Gasteiger partial charge in [-0.1, -0.05) is 12.1 Å². The van der Waals surface area contributed by atoms with Crippen LogP contribution < -0.4 is 15.8 Å². The van der Waals surface area contributed by atoms with Crippen LogP contribution in [-0.2, 0) is 16.1 Å². The van der Waals surface area contributed by atoms with E-state index < -0.39 is 0 Å². The van der Waals surface area contributed by atoms with E-state index in [0.29, 0.717) is 19.8 Å². The first-order chi connectivity index (χ1) is 10.1. The third-order valence-corrected chi connectivity index (χ3v) is 3.69. The Hall–Kier alpha value is -1.59. The first-order valence-corrected chi connectivity index (χ1v) is 7.40. The van der Waals surface area contributed by atoms with Gasteiger partial charge >= 0.3 is 0 Å². The molecule has 1 aliphatic heterocycles. The fourth-order valence-electron chi connectivity index (χ4n) is 2.63. The SMILES string of the molecule is Cc1cc(CN)cc(C)c1OCC(=O)NC1CCOCC1. The molecule has 1 saturated heterocycles. The molecule has 1 heterocycles. The summed E-state index contributed by atoms with van der Waals surface area (Å²) >= 11 is 0. The number of amides is 1. The Morgan fingerprint density at radius 3 is 2.52 bits per heavy atom. The van der Waals surface area contributed by atoms with Crippen LogP contribution in [0.25, 0.3) is 0 Å². The lowest BCUT2D eigenvalue weighted by Crippen LogP contribution is -2.41. The number of rotatable bonds is 5. The second kappa shape index (κ2) is 7.43. The van der Waals surface area contributed by atoms with Crippen molar-refractivity contribution in [3.63, 3.8) is 0 Å². The summed E-state index contributed by atoms with van der Waals surface area (Å²) in [6.45, 7) is 5.91. The molecule has 5 heteroatoms. The largest absolute Gasteiger partial charge is 0.483 e. The summed E-state index contributed by atoms with van der Waals surface area (Å²) in [5.74, 6) is 0.693. The fourth-order valence-corrected chi connectivity index (χ4v) is 2.63. The van der Waals surface area contributed by atoms with E-state index in [1.54, 1.807) is 0 Å². The molecule has 0 spiro atoms. The minimum atomic E-state index is -0.0800. The highest BCUT2D eigenvalue weighted by molar-refractivity contribution is 5.78.